The van der Waals surface area contributed by atoms with Gasteiger partial charge in [-0.25, -0.2) is 0 Å². The summed E-state index contributed by atoms with van der Waals surface area (Å²) in [6.45, 7) is -3.00. The monoisotopic (exact) mass is 378 g/mol. The number of carbonyl (C=O) groups excluding carboxylic acids is 1. The van der Waals surface area contributed by atoms with Crippen molar-refractivity contribution in [1.29, 1.82) is 5.26 Å². The van der Waals surface area contributed by atoms with Crippen LogP contribution in [-0.2, 0) is 4.79 Å². The Morgan fingerprint density at radius 3 is 2.65 bits per heavy atom. The maximum Gasteiger partial charge on any atom is 0.387 e. The molecule has 0 aliphatic rings. The van der Waals surface area contributed by atoms with Crippen LogP contribution < -0.4 is 14.8 Å². The number of halogens is 3. The SMILES string of the molecule is COc1cc(/C=C(\C#N)C(=O)Nc2cccc(Cl)c2)ccc1OC(F)F. The van der Waals surface area contributed by atoms with Gasteiger partial charge in [-0.3, -0.25) is 4.79 Å². The van der Waals surface area contributed by atoms with Gasteiger partial charge in [0.25, 0.3) is 5.91 Å². The third-order valence-electron chi connectivity index (χ3n) is 3.16. The van der Waals surface area contributed by atoms with Crippen LogP contribution in [0, 0.1) is 11.3 Å². The molecule has 0 fully saturated rings. The number of rotatable bonds is 6. The van der Waals surface area contributed by atoms with Gasteiger partial charge in [-0.05, 0) is 42.0 Å². The lowest BCUT2D eigenvalue weighted by Crippen LogP contribution is -2.13. The van der Waals surface area contributed by atoms with Crippen LogP contribution in [0.15, 0.2) is 48.0 Å². The van der Waals surface area contributed by atoms with Crippen LogP contribution in [0.2, 0.25) is 5.02 Å². The molecule has 0 aliphatic carbocycles. The molecule has 1 amide bonds. The molecule has 0 unspecified atom stereocenters. The first-order chi connectivity index (χ1) is 12.4. The lowest BCUT2D eigenvalue weighted by Gasteiger charge is -2.10. The van der Waals surface area contributed by atoms with E-state index in [0.717, 1.165) is 0 Å². The van der Waals surface area contributed by atoms with E-state index < -0.39 is 12.5 Å². The second kappa shape index (κ2) is 8.83. The molecule has 0 aliphatic heterocycles. The maximum absolute atomic E-state index is 12.3. The number of ether oxygens (including phenoxy) is 2. The molecule has 0 bridgehead atoms. The van der Waals surface area contributed by atoms with E-state index in [4.69, 9.17) is 16.3 Å². The third kappa shape index (κ3) is 5.19. The molecule has 0 heterocycles. The summed E-state index contributed by atoms with van der Waals surface area (Å²) >= 11 is 5.85. The van der Waals surface area contributed by atoms with Crippen LogP contribution in [0.4, 0.5) is 14.5 Å². The van der Waals surface area contributed by atoms with Crippen LogP contribution in [-0.4, -0.2) is 19.6 Å². The van der Waals surface area contributed by atoms with Crippen molar-refractivity contribution in [1.82, 2.24) is 0 Å². The molecular formula is C18H13ClF2N2O3. The largest absolute Gasteiger partial charge is 0.493 e. The van der Waals surface area contributed by atoms with E-state index in [-0.39, 0.29) is 17.1 Å². The number of hydrogen-bond donors (Lipinski definition) is 1. The van der Waals surface area contributed by atoms with E-state index in [1.54, 1.807) is 24.3 Å². The van der Waals surface area contributed by atoms with Crippen molar-refractivity contribution in [2.75, 3.05) is 12.4 Å². The Morgan fingerprint density at radius 1 is 1.27 bits per heavy atom. The Morgan fingerprint density at radius 2 is 2.04 bits per heavy atom. The number of alkyl halides is 2. The van der Waals surface area contributed by atoms with Crippen molar-refractivity contribution in [3.05, 3.63) is 58.6 Å². The predicted molar refractivity (Wildman–Crippen MR) is 93.3 cm³/mol. The molecule has 0 spiro atoms. The van der Waals surface area contributed by atoms with E-state index in [1.165, 1.54) is 37.5 Å². The molecule has 0 radical (unpaired) electrons. The first-order valence-corrected chi connectivity index (χ1v) is 7.62. The van der Waals surface area contributed by atoms with E-state index in [9.17, 15) is 18.8 Å². The van der Waals surface area contributed by atoms with Gasteiger partial charge in [0.15, 0.2) is 11.5 Å². The molecule has 26 heavy (non-hydrogen) atoms. The predicted octanol–water partition coefficient (Wildman–Crippen LogP) is 4.50. The molecule has 5 nitrogen and oxygen atoms in total. The Hall–Kier alpha value is -3.11. The second-order valence-electron chi connectivity index (χ2n) is 4.92. The Kier molecular flexibility index (Phi) is 6.53. The number of benzene rings is 2. The zero-order valence-electron chi connectivity index (χ0n) is 13.5. The number of anilines is 1. The number of nitrogens with zero attached hydrogens (tertiary/aromatic N) is 1. The average Bonchev–Trinajstić information content (AvgIpc) is 2.60. The first kappa shape index (κ1) is 19.2. The van der Waals surface area contributed by atoms with Gasteiger partial charge < -0.3 is 14.8 Å². The topological polar surface area (TPSA) is 71.3 Å². The number of carbonyl (C=O) groups is 1. The minimum Gasteiger partial charge on any atom is -0.493 e. The quantitative estimate of drug-likeness (QED) is 0.593. The van der Waals surface area contributed by atoms with Gasteiger partial charge >= 0.3 is 6.61 Å². The average molecular weight is 379 g/mol. The minimum atomic E-state index is -3.00. The molecule has 2 rings (SSSR count). The highest BCUT2D eigenvalue weighted by Crippen LogP contribution is 2.30. The number of nitrogens with one attached hydrogen (secondary N) is 1. The van der Waals surface area contributed by atoms with Gasteiger partial charge in [0.2, 0.25) is 0 Å². The minimum absolute atomic E-state index is 0.0478. The molecule has 2 aromatic carbocycles. The standard InChI is InChI=1S/C18H13ClF2N2O3/c1-25-16-8-11(5-6-15(16)26-18(20)21)7-12(10-22)17(24)23-14-4-2-3-13(19)9-14/h2-9,18H,1H3,(H,23,24)/b12-7+. The Bertz CT molecular complexity index is 879. The van der Waals surface area contributed by atoms with Crippen LogP contribution in [0.1, 0.15) is 5.56 Å². The van der Waals surface area contributed by atoms with Gasteiger partial charge in [0.1, 0.15) is 11.6 Å². The zero-order valence-corrected chi connectivity index (χ0v) is 14.3. The highest BCUT2D eigenvalue weighted by molar-refractivity contribution is 6.31. The summed E-state index contributed by atoms with van der Waals surface area (Å²) in [5, 5.41) is 12.2. The molecule has 0 atom stereocenters. The van der Waals surface area contributed by atoms with Crippen molar-refractivity contribution < 1.29 is 23.0 Å². The Balaban J connectivity index is 2.24. The first-order valence-electron chi connectivity index (χ1n) is 7.24. The van der Waals surface area contributed by atoms with Gasteiger partial charge in [-0.1, -0.05) is 23.7 Å². The number of amides is 1. The van der Waals surface area contributed by atoms with E-state index in [1.807, 2.05) is 0 Å². The zero-order chi connectivity index (χ0) is 19.1. The molecule has 0 saturated carbocycles. The smallest absolute Gasteiger partial charge is 0.387 e. The van der Waals surface area contributed by atoms with Gasteiger partial charge in [-0.15, -0.1) is 0 Å². The van der Waals surface area contributed by atoms with Crippen LogP contribution >= 0.6 is 11.6 Å². The highest BCUT2D eigenvalue weighted by atomic mass is 35.5. The number of hydrogen-bond acceptors (Lipinski definition) is 4. The Labute approximate surface area is 153 Å². The van der Waals surface area contributed by atoms with Crippen LogP contribution in [0.5, 0.6) is 11.5 Å². The number of methoxy groups -OCH3 is 1. The van der Waals surface area contributed by atoms with Crippen molar-refractivity contribution in [3.63, 3.8) is 0 Å². The van der Waals surface area contributed by atoms with Crippen molar-refractivity contribution in [3.8, 4) is 17.6 Å². The molecular weight excluding hydrogens is 366 g/mol. The van der Waals surface area contributed by atoms with Crippen LogP contribution in [0.25, 0.3) is 6.08 Å². The van der Waals surface area contributed by atoms with E-state index >= 15 is 0 Å². The molecule has 0 saturated heterocycles. The third-order valence-corrected chi connectivity index (χ3v) is 3.40. The summed E-state index contributed by atoms with van der Waals surface area (Å²) in [6, 6.07) is 12.3. The maximum atomic E-state index is 12.3. The lowest BCUT2D eigenvalue weighted by atomic mass is 10.1. The molecule has 8 heteroatoms. The molecule has 2 aromatic rings. The molecule has 0 aromatic heterocycles. The fraction of sp³-hybridized carbons (Fsp3) is 0.111. The summed E-state index contributed by atoms with van der Waals surface area (Å²) < 4.78 is 34.0. The molecule has 134 valence electrons. The summed E-state index contributed by atoms with van der Waals surface area (Å²) in [7, 11) is 1.29. The van der Waals surface area contributed by atoms with E-state index in [0.29, 0.717) is 16.3 Å². The van der Waals surface area contributed by atoms with Crippen molar-refractivity contribution in [2.24, 2.45) is 0 Å². The van der Waals surface area contributed by atoms with Crippen molar-refractivity contribution >= 4 is 29.3 Å². The lowest BCUT2D eigenvalue weighted by molar-refractivity contribution is -0.112. The van der Waals surface area contributed by atoms with Crippen LogP contribution in [0.3, 0.4) is 0 Å². The summed E-state index contributed by atoms with van der Waals surface area (Å²) in [4.78, 5) is 12.2. The van der Waals surface area contributed by atoms with Gasteiger partial charge in [0.05, 0.1) is 7.11 Å². The van der Waals surface area contributed by atoms with E-state index in [2.05, 4.69) is 10.1 Å². The summed E-state index contributed by atoms with van der Waals surface area (Å²) in [5.74, 6) is -0.741. The fourth-order valence-corrected chi connectivity index (χ4v) is 2.24. The molecule has 1 N–H and O–H groups in total. The second-order valence-corrected chi connectivity index (χ2v) is 5.36. The normalized spacial score (nSPS) is 11.0. The fourth-order valence-electron chi connectivity index (χ4n) is 2.05. The van der Waals surface area contributed by atoms with Crippen molar-refractivity contribution in [2.45, 2.75) is 6.61 Å². The van der Waals surface area contributed by atoms with Gasteiger partial charge in [0, 0.05) is 10.7 Å². The number of nitriles is 1. The summed E-state index contributed by atoms with van der Waals surface area (Å²) in [5.41, 5.74) is 0.651. The summed E-state index contributed by atoms with van der Waals surface area (Å²) in [6.07, 6.45) is 1.30. The highest BCUT2D eigenvalue weighted by Gasteiger charge is 2.13. The van der Waals surface area contributed by atoms with Gasteiger partial charge in [-0.2, -0.15) is 14.0 Å².